The van der Waals surface area contributed by atoms with Crippen molar-refractivity contribution in [1.29, 1.82) is 0 Å². The van der Waals surface area contributed by atoms with Gasteiger partial charge in [-0.1, -0.05) is 11.8 Å². The van der Waals surface area contributed by atoms with E-state index in [0.717, 1.165) is 44.1 Å². The average molecular weight is 494 g/mol. The first-order chi connectivity index (χ1) is 17.3. The van der Waals surface area contributed by atoms with E-state index in [1.54, 1.807) is 18.3 Å². The first-order valence-electron chi connectivity index (χ1n) is 12.8. The number of hydrogen-bond acceptors (Lipinski definition) is 6. The molecule has 8 nitrogen and oxygen atoms in total. The van der Waals surface area contributed by atoms with Crippen LogP contribution in [-0.2, 0) is 9.53 Å². The molecule has 8 heteroatoms. The highest BCUT2D eigenvalue weighted by Gasteiger charge is 2.23. The molecule has 36 heavy (non-hydrogen) atoms. The number of amides is 2. The van der Waals surface area contributed by atoms with Crippen molar-refractivity contribution in [1.82, 2.24) is 10.3 Å². The molecule has 2 heterocycles. The zero-order valence-corrected chi connectivity index (χ0v) is 21.3. The van der Waals surface area contributed by atoms with Gasteiger partial charge in [-0.2, -0.15) is 0 Å². The molecule has 192 valence electrons. The molecule has 1 aromatic heterocycles. The second-order valence-electron chi connectivity index (χ2n) is 9.71. The van der Waals surface area contributed by atoms with Gasteiger partial charge in [0.05, 0.1) is 29.4 Å². The molecule has 2 aromatic rings. The van der Waals surface area contributed by atoms with Gasteiger partial charge in [-0.25, -0.2) is 4.98 Å². The molecule has 0 bridgehead atoms. The van der Waals surface area contributed by atoms with Crippen molar-refractivity contribution in [2.75, 3.05) is 13.2 Å². The van der Waals surface area contributed by atoms with Gasteiger partial charge in [0.15, 0.2) is 0 Å². The molecular weight excluding hydrogens is 458 g/mol. The predicted molar refractivity (Wildman–Crippen MR) is 137 cm³/mol. The summed E-state index contributed by atoms with van der Waals surface area (Å²) in [6, 6.07) is 3.41. The Balaban J connectivity index is 1.67. The van der Waals surface area contributed by atoms with Crippen LogP contribution in [0.1, 0.15) is 75.2 Å². The van der Waals surface area contributed by atoms with Gasteiger partial charge in [-0.3, -0.25) is 9.59 Å². The summed E-state index contributed by atoms with van der Waals surface area (Å²) in [5.41, 5.74) is 6.69. The lowest BCUT2D eigenvalue weighted by Gasteiger charge is -2.25. The van der Waals surface area contributed by atoms with Crippen molar-refractivity contribution in [3.8, 4) is 23.5 Å². The Morgan fingerprint density at radius 2 is 1.97 bits per heavy atom. The normalized spacial score (nSPS) is 21.7. The Morgan fingerprint density at radius 1 is 1.19 bits per heavy atom. The summed E-state index contributed by atoms with van der Waals surface area (Å²) in [6.07, 6.45) is 7.09. The van der Waals surface area contributed by atoms with Gasteiger partial charge in [0.1, 0.15) is 12.4 Å². The maximum atomic E-state index is 12.3. The van der Waals surface area contributed by atoms with Crippen LogP contribution in [0.2, 0.25) is 0 Å². The summed E-state index contributed by atoms with van der Waals surface area (Å²) < 4.78 is 17.7. The lowest BCUT2D eigenvalue weighted by Crippen LogP contribution is -2.31. The van der Waals surface area contributed by atoms with E-state index in [0.29, 0.717) is 41.7 Å². The quantitative estimate of drug-likeness (QED) is 0.542. The molecule has 1 aliphatic heterocycles. The highest BCUT2D eigenvalue weighted by Crippen LogP contribution is 2.34. The third-order valence-corrected chi connectivity index (χ3v) is 6.57. The fraction of sp³-hybridized carbons (Fsp3) is 0.536. The Morgan fingerprint density at radius 3 is 2.61 bits per heavy atom. The van der Waals surface area contributed by atoms with E-state index in [-0.39, 0.29) is 29.5 Å². The monoisotopic (exact) mass is 493 g/mol. The molecule has 1 saturated heterocycles. The lowest BCUT2D eigenvalue weighted by molar-refractivity contribution is -0.119. The molecule has 0 unspecified atom stereocenters. The van der Waals surface area contributed by atoms with E-state index in [1.165, 1.54) is 0 Å². The van der Waals surface area contributed by atoms with Crippen molar-refractivity contribution in [2.45, 2.75) is 77.5 Å². The van der Waals surface area contributed by atoms with Crippen LogP contribution in [0, 0.1) is 17.8 Å². The van der Waals surface area contributed by atoms with E-state index in [4.69, 9.17) is 19.9 Å². The summed E-state index contributed by atoms with van der Waals surface area (Å²) in [7, 11) is 0. The smallest absolute Gasteiger partial charge is 0.252 e. The molecule has 2 fully saturated rings. The number of carbonyl (C=O) groups is 2. The first kappa shape index (κ1) is 25.8. The summed E-state index contributed by atoms with van der Waals surface area (Å²) in [5, 5.41) is 4.32. The minimum atomic E-state index is -0.575. The third kappa shape index (κ3) is 6.27. The van der Waals surface area contributed by atoms with Crippen LogP contribution in [0.3, 0.4) is 0 Å². The summed E-state index contributed by atoms with van der Waals surface area (Å²) in [4.78, 5) is 28.4. The van der Waals surface area contributed by atoms with Crippen LogP contribution in [0.4, 0.5) is 0 Å². The SMILES string of the molecule is CCOC1CCC(C#Cc2cnc(OC[C@@H]3CCC(=O)N3)c3cc(OC(C)C)c(C(N)=O)cc23)CC1. The summed E-state index contributed by atoms with van der Waals surface area (Å²) in [5.74, 6) is 7.23. The molecule has 1 aliphatic carbocycles. The number of carbonyl (C=O) groups excluding carboxylic acids is 2. The minimum absolute atomic E-state index is 0.0287. The molecule has 1 aromatic carbocycles. The highest BCUT2D eigenvalue weighted by atomic mass is 16.5. The number of pyridine rings is 1. The van der Waals surface area contributed by atoms with Gasteiger partial charge in [-0.15, -0.1) is 0 Å². The number of hydrogen-bond donors (Lipinski definition) is 2. The zero-order chi connectivity index (χ0) is 25.7. The number of nitrogens with two attached hydrogens (primary N) is 1. The highest BCUT2D eigenvalue weighted by molar-refractivity contribution is 6.03. The number of nitrogens with zero attached hydrogens (tertiary/aromatic N) is 1. The Bertz CT molecular complexity index is 1180. The molecule has 1 saturated carbocycles. The van der Waals surface area contributed by atoms with Crippen molar-refractivity contribution in [3.05, 3.63) is 29.5 Å². The van der Waals surface area contributed by atoms with Gasteiger partial charge >= 0.3 is 0 Å². The molecule has 0 radical (unpaired) electrons. The van der Waals surface area contributed by atoms with Crippen LogP contribution >= 0.6 is 0 Å². The third-order valence-electron chi connectivity index (χ3n) is 6.57. The molecule has 2 amide bonds. The van der Waals surface area contributed by atoms with Crippen molar-refractivity contribution in [3.63, 3.8) is 0 Å². The fourth-order valence-electron chi connectivity index (χ4n) is 4.77. The average Bonchev–Trinajstić information content (AvgIpc) is 3.27. The summed E-state index contributed by atoms with van der Waals surface area (Å²) in [6.45, 7) is 6.84. The number of aromatic nitrogens is 1. The van der Waals surface area contributed by atoms with E-state index in [1.807, 2.05) is 20.8 Å². The van der Waals surface area contributed by atoms with Crippen LogP contribution in [0.5, 0.6) is 11.6 Å². The number of ether oxygens (including phenoxy) is 3. The molecule has 0 spiro atoms. The van der Waals surface area contributed by atoms with Gasteiger partial charge in [0.2, 0.25) is 11.8 Å². The maximum absolute atomic E-state index is 12.3. The van der Waals surface area contributed by atoms with Crippen molar-refractivity contribution < 1.29 is 23.8 Å². The Hall–Kier alpha value is -3.31. The maximum Gasteiger partial charge on any atom is 0.252 e. The van der Waals surface area contributed by atoms with Crippen molar-refractivity contribution >= 4 is 22.6 Å². The van der Waals surface area contributed by atoms with E-state index >= 15 is 0 Å². The largest absolute Gasteiger partial charge is 0.490 e. The van der Waals surface area contributed by atoms with Crippen LogP contribution in [-0.4, -0.2) is 48.3 Å². The Labute approximate surface area is 212 Å². The fourth-order valence-corrected chi connectivity index (χ4v) is 4.77. The molecule has 1 atom stereocenters. The molecular formula is C28H35N3O5. The summed E-state index contributed by atoms with van der Waals surface area (Å²) >= 11 is 0. The molecule has 2 aliphatic rings. The van der Waals surface area contributed by atoms with Gasteiger partial charge < -0.3 is 25.3 Å². The van der Waals surface area contributed by atoms with E-state index in [9.17, 15) is 9.59 Å². The molecule has 3 N–H and O–H groups in total. The zero-order valence-electron chi connectivity index (χ0n) is 21.3. The van der Waals surface area contributed by atoms with E-state index in [2.05, 4.69) is 22.1 Å². The van der Waals surface area contributed by atoms with Crippen LogP contribution < -0.4 is 20.5 Å². The first-order valence-corrected chi connectivity index (χ1v) is 12.8. The van der Waals surface area contributed by atoms with E-state index < -0.39 is 5.91 Å². The van der Waals surface area contributed by atoms with Crippen molar-refractivity contribution in [2.24, 2.45) is 11.7 Å². The number of fused-ring (bicyclic) bond motifs is 1. The lowest BCUT2D eigenvalue weighted by atomic mass is 9.87. The number of primary amides is 1. The second kappa shape index (κ2) is 11.6. The van der Waals surface area contributed by atoms with Gasteiger partial charge in [0, 0.05) is 35.9 Å². The van der Waals surface area contributed by atoms with Crippen LogP contribution in [0.15, 0.2) is 18.3 Å². The predicted octanol–water partition coefficient (Wildman–Crippen LogP) is 3.73. The topological polar surface area (TPSA) is 113 Å². The van der Waals surface area contributed by atoms with Gasteiger partial charge in [0.25, 0.3) is 5.91 Å². The number of benzene rings is 1. The second-order valence-corrected chi connectivity index (χ2v) is 9.71. The number of nitrogens with one attached hydrogen (secondary N) is 1. The number of rotatable bonds is 8. The van der Waals surface area contributed by atoms with Crippen LogP contribution in [0.25, 0.3) is 10.8 Å². The minimum Gasteiger partial charge on any atom is -0.490 e. The Kier molecular flexibility index (Phi) is 8.32. The van der Waals surface area contributed by atoms with Gasteiger partial charge in [-0.05, 0) is 65.0 Å². The standard InChI is InChI=1S/C28H35N3O5/c1-4-34-21-10-6-18(7-11-21)5-8-19-15-30-28(35-16-20-9-12-26(32)31-20)23-14-25(36-17(2)3)24(27(29)33)13-22(19)23/h13-15,17-18,20-21H,4,6-7,9-12,16H2,1-3H3,(H2,29,33)(H,31,32)/t18?,20-,21?/m0/s1. The molecule has 4 rings (SSSR count).